The van der Waals surface area contributed by atoms with Crippen molar-refractivity contribution in [3.05, 3.63) is 29.1 Å². The van der Waals surface area contributed by atoms with Crippen LogP contribution in [0.1, 0.15) is 19.3 Å². The van der Waals surface area contributed by atoms with Crippen LogP contribution in [-0.2, 0) is 22.4 Å². The first-order chi connectivity index (χ1) is 8.04. The average molecular weight is 448 g/mol. The first-order valence-electron chi connectivity index (χ1n) is 5.30. The molecule has 105 valence electrons. The fraction of sp³-hybridized carbons (Fsp3) is 0.455. The predicted octanol–water partition coefficient (Wildman–Crippen LogP) is 3.37. The topological polar surface area (TPSA) is 3.24 Å². The summed E-state index contributed by atoms with van der Waals surface area (Å²) in [5.74, 6) is -9.37. The first-order valence-corrected chi connectivity index (χ1v) is 5.30. The summed E-state index contributed by atoms with van der Waals surface area (Å²) in [5.41, 5.74) is -0.805. The summed E-state index contributed by atoms with van der Waals surface area (Å²) in [7, 11) is 0. The van der Waals surface area contributed by atoms with E-state index in [0.717, 1.165) is 6.42 Å². The van der Waals surface area contributed by atoms with Crippen molar-refractivity contribution in [1.29, 1.82) is 0 Å². The minimum atomic E-state index is -2.11. The van der Waals surface area contributed by atoms with Crippen molar-refractivity contribution in [3.8, 4) is 0 Å². The van der Waals surface area contributed by atoms with Crippen molar-refractivity contribution in [2.75, 3.05) is 18.0 Å². The normalized spacial score (nSPS) is 15.5. The zero-order valence-corrected chi connectivity index (χ0v) is 11.3. The molecule has 0 bridgehead atoms. The van der Waals surface area contributed by atoms with Gasteiger partial charge in [-0.05, 0) is 19.3 Å². The van der Waals surface area contributed by atoms with E-state index in [2.05, 4.69) is 0 Å². The molecule has 1 radical (unpaired) electrons. The van der Waals surface area contributed by atoms with Crippen LogP contribution in [0.2, 0.25) is 0 Å². The van der Waals surface area contributed by atoms with Crippen molar-refractivity contribution in [1.82, 2.24) is 0 Å². The summed E-state index contributed by atoms with van der Waals surface area (Å²) in [6.07, 6.45) is 2.25. The molecule has 1 aliphatic rings. The molecule has 1 aromatic rings. The standard InChI is InChI=1S/C11H10F5N.Au/c12-6-7(13)9(15)11(10(16)8(6)14)17-4-2-1-3-5-17;/h1-5H2;. The van der Waals surface area contributed by atoms with Gasteiger partial charge < -0.3 is 4.90 Å². The second-order valence-corrected chi connectivity index (χ2v) is 3.97. The van der Waals surface area contributed by atoms with Crippen LogP contribution in [-0.4, -0.2) is 13.1 Å². The van der Waals surface area contributed by atoms with E-state index in [1.807, 2.05) is 0 Å². The Labute approximate surface area is 116 Å². The van der Waals surface area contributed by atoms with Crippen LogP contribution in [0.3, 0.4) is 0 Å². The van der Waals surface area contributed by atoms with E-state index in [-0.39, 0.29) is 22.4 Å². The minimum absolute atomic E-state index is 0. The van der Waals surface area contributed by atoms with Gasteiger partial charge in [-0.25, -0.2) is 22.0 Å². The Balaban J connectivity index is 0.00000162. The van der Waals surface area contributed by atoms with E-state index in [0.29, 0.717) is 25.9 Å². The number of piperidine rings is 1. The molecule has 0 spiro atoms. The summed E-state index contributed by atoms with van der Waals surface area (Å²) < 4.78 is 65.6. The third-order valence-corrected chi connectivity index (χ3v) is 2.86. The van der Waals surface area contributed by atoms with E-state index < -0.39 is 34.8 Å². The monoisotopic (exact) mass is 448 g/mol. The third kappa shape index (κ3) is 2.55. The summed E-state index contributed by atoms with van der Waals surface area (Å²) >= 11 is 0. The molecular formula is C11H10AuF5N. The quantitative estimate of drug-likeness (QED) is 0.276. The molecule has 0 atom stereocenters. The van der Waals surface area contributed by atoms with Crippen molar-refractivity contribution < 1.29 is 44.3 Å². The van der Waals surface area contributed by atoms with Crippen molar-refractivity contribution in [2.45, 2.75) is 19.3 Å². The Morgan fingerprint density at radius 3 is 1.44 bits per heavy atom. The number of rotatable bonds is 1. The van der Waals surface area contributed by atoms with Gasteiger partial charge >= 0.3 is 0 Å². The summed E-state index contributed by atoms with van der Waals surface area (Å²) in [4.78, 5) is 1.21. The van der Waals surface area contributed by atoms with Crippen LogP contribution in [0.15, 0.2) is 0 Å². The van der Waals surface area contributed by atoms with E-state index in [1.54, 1.807) is 0 Å². The molecule has 18 heavy (non-hydrogen) atoms. The molecule has 0 unspecified atom stereocenters. The van der Waals surface area contributed by atoms with Crippen LogP contribution in [0.25, 0.3) is 0 Å². The summed E-state index contributed by atoms with van der Waals surface area (Å²) in [6.45, 7) is 0.608. The SMILES string of the molecule is Fc1c(F)c(F)c(N2CCCCC2)c(F)c1F.[Au]. The maximum atomic E-state index is 13.4. The van der Waals surface area contributed by atoms with Gasteiger partial charge in [-0.15, -0.1) is 0 Å². The molecule has 0 aliphatic carbocycles. The number of nitrogens with zero attached hydrogens (tertiary/aromatic N) is 1. The molecule has 1 saturated heterocycles. The number of hydrogen-bond acceptors (Lipinski definition) is 1. The van der Waals surface area contributed by atoms with Gasteiger partial charge in [0.1, 0.15) is 5.69 Å². The van der Waals surface area contributed by atoms with Crippen LogP contribution in [0, 0.1) is 29.1 Å². The molecule has 1 fully saturated rings. The second-order valence-electron chi connectivity index (χ2n) is 3.97. The molecule has 2 rings (SSSR count). The van der Waals surface area contributed by atoms with E-state index in [9.17, 15) is 22.0 Å². The Morgan fingerprint density at radius 1 is 0.611 bits per heavy atom. The molecule has 0 saturated carbocycles. The number of hydrogen-bond donors (Lipinski definition) is 0. The van der Waals surface area contributed by atoms with Crippen LogP contribution in [0.4, 0.5) is 27.6 Å². The molecule has 1 nitrogen and oxygen atoms in total. The maximum absolute atomic E-state index is 13.4. The first kappa shape index (κ1) is 15.5. The summed E-state index contributed by atoms with van der Waals surface area (Å²) in [5, 5.41) is 0. The number of halogens is 5. The maximum Gasteiger partial charge on any atom is 0.200 e. The van der Waals surface area contributed by atoms with Gasteiger partial charge in [0.25, 0.3) is 0 Å². The Morgan fingerprint density at radius 2 is 1.00 bits per heavy atom. The van der Waals surface area contributed by atoms with Crippen molar-refractivity contribution in [3.63, 3.8) is 0 Å². The second kappa shape index (κ2) is 6.04. The zero-order valence-electron chi connectivity index (χ0n) is 9.17. The Bertz CT molecular complexity index is 417. The van der Waals surface area contributed by atoms with Crippen LogP contribution in [0.5, 0.6) is 0 Å². The Kier molecular flexibility index (Phi) is 5.19. The molecule has 0 aromatic heterocycles. The van der Waals surface area contributed by atoms with Crippen molar-refractivity contribution in [2.24, 2.45) is 0 Å². The van der Waals surface area contributed by atoms with Gasteiger partial charge in [-0.3, -0.25) is 0 Å². The molecule has 0 N–H and O–H groups in total. The number of benzene rings is 1. The van der Waals surface area contributed by atoms with Crippen LogP contribution >= 0.6 is 0 Å². The fourth-order valence-corrected chi connectivity index (χ4v) is 1.99. The molecule has 0 amide bonds. The number of anilines is 1. The predicted molar refractivity (Wildman–Crippen MR) is 52.3 cm³/mol. The van der Waals surface area contributed by atoms with Gasteiger partial charge in [-0.2, -0.15) is 0 Å². The zero-order chi connectivity index (χ0) is 12.6. The van der Waals surface area contributed by atoms with Gasteiger partial charge in [-0.1, -0.05) is 0 Å². The Hall–Kier alpha value is -0.590. The molecular weight excluding hydrogens is 438 g/mol. The fourth-order valence-electron chi connectivity index (χ4n) is 1.99. The average Bonchev–Trinajstić information content (AvgIpc) is 2.36. The largest absolute Gasteiger partial charge is 0.367 e. The smallest absolute Gasteiger partial charge is 0.200 e. The van der Waals surface area contributed by atoms with E-state index in [1.165, 1.54) is 4.90 Å². The van der Waals surface area contributed by atoms with Gasteiger partial charge in [0.05, 0.1) is 0 Å². The molecule has 7 heteroatoms. The van der Waals surface area contributed by atoms with E-state index in [4.69, 9.17) is 0 Å². The molecule has 1 heterocycles. The molecule has 1 aromatic carbocycles. The molecule has 1 aliphatic heterocycles. The van der Waals surface area contributed by atoms with Crippen LogP contribution < -0.4 is 4.90 Å². The van der Waals surface area contributed by atoms with Gasteiger partial charge in [0.15, 0.2) is 23.3 Å². The minimum Gasteiger partial charge on any atom is -0.367 e. The third-order valence-electron chi connectivity index (χ3n) is 2.86. The summed E-state index contributed by atoms with van der Waals surface area (Å²) in [6, 6.07) is 0. The van der Waals surface area contributed by atoms with Crippen molar-refractivity contribution >= 4 is 5.69 Å². The van der Waals surface area contributed by atoms with Gasteiger partial charge in [0, 0.05) is 35.5 Å². The van der Waals surface area contributed by atoms with E-state index >= 15 is 0 Å². The van der Waals surface area contributed by atoms with Gasteiger partial charge in [0.2, 0.25) is 5.82 Å².